The summed E-state index contributed by atoms with van der Waals surface area (Å²) in [6.07, 6.45) is 0.0389. The van der Waals surface area contributed by atoms with E-state index in [-0.39, 0.29) is 91.6 Å². The monoisotopic (exact) mass is 930 g/mol. The molecule has 0 unspecified atom stereocenters. The van der Waals surface area contributed by atoms with Crippen molar-refractivity contribution in [2.75, 3.05) is 56.6 Å². The molecule has 8 N–H and O–H groups in total. The maximum Gasteiger partial charge on any atom is 0.509 e. The summed E-state index contributed by atoms with van der Waals surface area (Å²) in [5, 5.41) is 19.4. The minimum atomic E-state index is -1.00. The Balaban J connectivity index is 0.000000447. The van der Waals surface area contributed by atoms with E-state index >= 15 is 0 Å². The summed E-state index contributed by atoms with van der Waals surface area (Å²) in [5.41, 5.74) is 18.5. The minimum absolute atomic E-state index is 0. The number of fused-ring (bicyclic) bond motifs is 2. The number of aliphatic hydroxyl groups is 2. The van der Waals surface area contributed by atoms with E-state index in [1.54, 1.807) is 0 Å². The number of halogens is 5. The highest BCUT2D eigenvalue weighted by molar-refractivity contribution is 7.99. The Morgan fingerprint density at radius 2 is 1.21 bits per heavy atom. The number of hydrogen-bond acceptors (Lipinski definition) is 19. The van der Waals surface area contributed by atoms with Gasteiger partial charge in [0.25, 0.3) is 0 Å². The van der Waals surface area contributed by atoms with E-state index in [9.17, 15) is 14.0 Å². The lowest BCUT2D eigenvalue weighted by Crippen LogP contribution is -2.34. The van der Waals surface area contributed by atoms with Crippen LogP contribution in [-0.2, 0) is 34.8 Å². The van der Waals surface area contributed by atoms with Crippen molar-refractivity contribution in [3.8, 4) is 0 Å². The predicted molar refractivity (Wildman–Crippen MR) is 219 cm³/mol. The van der Waals surface area contributed by atoms with Gasteiger partial charge in [-0.3, -0.25) is 4.39 Å². The Kier molecular flexibility index (Phi) is 24.1. The largest absolute Gasteiger partial charge is 0.509 e. The van der Waals surface area contributed by atoms with Gasteiger partial charge in [-0.15, -0.1) is 12.4 Å². The second-order valence-corrected chi connectivity index (χ2v) is 15.2. The molecule has 2 aromatic heterocycles. The van der Waals surface area contributed by atoms with Gasteiger partial charge in [0.15, 0.2) is 44.1 Å². The summed E-state index contributed by atoms with van der Waals surface area (Å²) in [4.78, 5) is 39.1. The summed E-state index contributed by atoms with van der Waals surface area (Å²) in [6, 6.07) is -0.241. The molecule has 326 valence electrons. The standard InChI is InChI=1S/C16H22ClN3O5S.C8H13NO5.C7H9Cl2N3S.CH3F.CH4.ClH/c1-2-5-26-15-19-9(11(18)14(17)20-15)6-8-7-10(23-4-3-21)13-12(8)24-16(22)25-13;9-4-3-5(12-2-1-10)7-6(4)13-8(11)14-7;1-2-3-13-7-11-5(8)4(10)6(9)12-7;1-2;;/h8,10,12-13,21H,2-7,18H2,1H3;4-7,10H,1-3,9H2;2-3,10H2,1H3;1H3;1H4;1H/t8-,10+,12+,13-;4-,5+,6+,7-;;;;/m11..../s1/i;;;1D;;. The molecule has 2 saturated carbocycles. The number of nitrogen functional groups attached to an aromatic ring is 2. The molecule has 4 fully saturated rings. The first-order valence-electron chi connectivity index (χ1n) is 17.9. The second-order valence-electron chi connectivity index (χ2n) is 12.1. The number of anilines is 2. The summed E-state index contributed by atoms with van der Waals surface area (Å²) in [6.45, 7) is 4.40. The van der Waals surface area contributed by atoms with Gasteiger partial charge in [0.2, 0.25) is 0 Å². The maximum atomic E-state index is 11.5. The molecule has 0 radical (unpaired) electrons. The molecule has 2 aliphatic carbocycles. The van der Waals surface area contributed by atoms with Crippen LogP contribution in [-0.4, -0.2) is 130 Å². The highest BCUT2D eigenvalue weighted by Gasteiger charge is 2.54. The number of hydrogen-bond donors (Lipinski definition) is 5. The summed E-state index contributed by atoms with van der Waals surface area (Å²) in [5.74, 6) is 1.76. The first-order valence-corrected chi connectivity index (χ1v) is 20.3. The number of thioether (sulfide) groups is 2. The first kappa shape index (κ1) is 51.0. The van der Waals surface area contributed by atoms with Crippen LogP contribution in [0.2, 0.25) is 15.5 Å². The summed E-state index contributed by atoms with van der Waals surface area (Å²) < 4.78 is 46.8. The molecular formula is C33H52Cl4FN7O10S2. The van der Waals surface area contributed by atoms with Crippen molar-refractivity contribution in [3.63, 3.8) is 0 Å². The van der Waals surface area contributed by atoms with Crippen molar-refractivity contribution in [3.05, 3.63) is 21.2 Å². The van der Waals surface area contributed by atoms with Gasteiger partial charge >= 0.3 is 12.3 Å². The predicted octanol–water partition coefficient (Wildman–Crippen LogP) is 5.57. The lowest BCUT2D eigenvalue weighted by Gasteiger charge is -2.16. The molecule has 57 heavy (non-hydrogen) atoms. The van der Waals surface area contributed by atoms with Crippen molar-refractivity contribution in [1.82, 2.24) is 19.9 Å². The van der Waals surface area contributed by atoms with E-state index in [2.05, 4.69) is 33.8 Å². The number of carbonyl (C=O) groups excluding carboxylic acids is 2. The normalized spacial score (nSPS) is 25.1. The number of nitrogens with two attached hydrogens (primary N) is 3. The molecule has 0 bridgehead atoms. The molecule has 2 aliphatic heterocycles. The molecule has 4 heterocycles. The molecule has 4 aliphatic rings. The number of ether oxygens (including phenoxy) is 6. The number of alkyl halides is 1. The van der Waals surface area contributed by atoms with E-state index in [4.69, 9.17) is 92.0 Å². The topological polar surface area (TPSA) is 260 Å². The fourth-order valence-corrected chi connectivity index (χ4v) is 8.00. The zero-order valence-corrected chi connectivity index (χ0v) is 35.2. The molecule has 8 atom stereocenters. The van der Waals surface area contributed by atoms with Gasteiger partial charge in [0.1, 0.15) is 17.9 Å². The molecule has 6 rings (SSSR count). The van der Waals surface area contributed by atoms with Crippen LogP contribution in [0, 0.1) is 5.92 Å². The van der Waals surface area contributed by atoms with Crippen LogP contribution < -0.4 is 17.2 Å². The Morgan fingerprint density at radius 1 is 0.789 bits per heavy atom. The van der Waals surface area contributed by atoms with Gasteiger partial charge in [-0.2, -0.15) is 0 Å². The maximum absolute atomic E-state index is 11.5. The van der Waals surface area contributed by atoms with Crippen LogP contribution in [0.25, 0.3) is 0 Å². The third kappa shape index (κ3) is 15.1. The second kappa shape index (κ2) is 26.9. The van der Waals surface area contributed by atoms with E-state index < -0.39 is 43.9 Å². The number of rotatable bonds is 14. The van der Waals surface area contributed by atoms with Gasteiger partial charge in [0.05, 0.1) is 52.4 Å². The lowest BCUT2D eigenvalue weighted by atomic mass is 9.98. The molecule has 2 saturated heterocycles. The van der Waals surface area contributed by atoms with Crippen molar-refractivity contribution in [1.29, 1.82) is 0 Å². The quantitative estimate of drug-likeness (QED) is 0.0671. The Morgan fingerprint density at radius 3 is 1.70 bits per heavy atom. The molecular weight excluding hydrogens is 879 g/mol. The average Bonchev–Trinajstić information content (AvgIpc) is 3.91. The molecule has 17 nitrogen and oxygen atoms in total. The van der Waals surface area contributed by atoms with E-state index in [1.807, 2.05) is 0 Å². The van der Waals surface area contributed by atoms with Gasteiger partial charge < -0.3 is 55.8 Å². The Labute approximate surface area is 362 Å². The van der Waals surface area contributed by atoms with Crippen molar-refractivity contribution in [2.45, 2.75) is 106 Å². The van der Waals surface area contributed by atoms with Crippen molar-refractivity contribution >= 4 is 94.4 Å². The minimum Gasteiger partial charge on any atom is -0.427 e. The number of carbonyl (C=O) groups is 2. The Hall–Kier alpha value is -2.11. The van der Waals surface area contributed by atoms with Crippen LogP contribution in [0.3, 0.4) is 0 Å². The highest BCUT2D eigenvalue weighted by Crippen LogP contribution is 2.40. The molecule has 0 aromatic carbocycles. The fraction of sp³-hybridized carbons (Fsp3) is 0.697. The zero-order valence-electron chi connectivity index (χ0n) is 31.5. The SMILES string of the molecule is C.CCCSc1nc(Cl)c(N)c(C[C@@H]2C[C@H](OCCO)[C@H]3OC(=O)O[C@@H]23)n1.CCCSc1nc(Cl)c(N)c(Cl)n1.Cl.N[C@@H]1C[C@H](OCCO)[C@H]2OC(=O)O[C@H]21.[2H]CF. The molecule has 24 heteroatoms. The highest BCUT2D eigenvalue weighted by atomic mass is 35.5. The van der Waals surface area contributed by atoms with E-state index in [0.29, 0.717) is 41.0 Å². The van der Waals surface area contributed by atoms with Crippen LogP contribution in [0.5, 0.6) is 0 Å². The molecule has 0 spiro atoms. The third-order valence-corrected chi connectivity index (χ3v) is 11.2. The smallest absolute Gasteiger partial charge is 0.427 e. The van der Waals surface area contributed by atoms with Crippen molar-refractivity contribution in [2.24, 2.45) is 11.7 Å². The third-order valence-electron chi connectivity index (χ3n) is 8.20. The average molecular weight is 933 g/mol. The summed E-state index contributed by atoms with van der Waals surface area (Å²) >= 11 is 20.6. The summed E-state index contributed by atoms with van der Waals surface area (Å²) in [7, 11) is -1.00. The number of nitrogens with zero attached hydrogens (tertiary/aromatic N) is 4. The molecule has 2 aromatic rings. The van der Waals surface area contributed by atoms with Crippen LogP contribution in [0.4, 0.5) is 25.4 Å². The first-order chi connectivity index (χ1) is 26.8. The van der Waals surface area contributed by atoms with E-state index in [0.717, 1.165) is 24.3 Å². The van der Waals surface area contributed by atoms with Crippen molar-refractivity contribution < 1.29 is 54.0 Å². The van der Waals surface area contributed by atoms with E-state index in [1.165, 1.54) is 23.5 Å². The van der Waals surface area contributed by atoms with Gasteiger partial charge in [-0.1, -0.05) is 79.6 Å². The van der Waals surface area contributed by atoms with Crippen LogP contribution >= 0.6 is 70.7 Å². The van der Waals surface area contributed by atoms with Gasteiger partial charge in [-0.25, -0.2) is 29.5 Å². The van der Waals surface area contributed by atoms with Crippen LogP contribution in [0.15, 0.2) is 10.3 Å². The lowest BCUT2D eigenvalue weighted by molar-refractivity contribution is -0.0275. The zero-order chi connectivity index (χ0) is 41.4. The van der Waals surface area contributed by atoms with Gasteiger partial charge in [-0.05, 0) is 32.1 Å². The van der Waals surface area contributed by atoms with Crippen LogP contribution in [0.1, 0.15) is 54.0 Å². The number of aromatic nitrogens is 4. The number of aliphatic hydroxyl groups excluding tert-OH is 2. The van der Waals surface area contributed by atoms with Gasteiger partial charge in [0, 0.05) is 23.5 Å². The fourth-order valence-electron chi connectivity index (χ4n) is 5.86. The molecule has 0 amide bonds. The Bertz CT molecular complexity index is 1560.